The summed E-state index contributed by atoms with van der Waals surface area (Å²) < 4.78 is 11.9. The predicted octanol–water partition coefficient (Wildman–Crippen LogP) is 4.32. The Hall–Kier alpha value is -1.12. The third-order valence-corrected chi connectivity index (χ3v) is 6.48. The number of carboxylic acids is 1. The van der Waals surface area contributed by atoms with Crippen molar-refractivity contribution in [1.82, 2.24) is 5.32 Å². The molecule has 0 heterocycles. The van der Waals surface area contributed by atoms with Crippen molar-refractivity contribution in [3.63, 3.8) is 0 Å². The van der Waals surface area contributed by atoms with Crippen molar-refractivity contribution in [1.29, 1.82) is 0 Å². The smallest absolute Gasteiger partial charge is 0.308 e. The average molecular weight is 476 g/mol. The van der Waals surface area contributed by atoms with Crippen LogP contribution in [0.2, 0.25) is 0 Å². The zero-order valence-corrected chi connectivity index (χ0v) is 22.1. The average Bonchev–Trinajstić information content (AvgIpc) is 2.68. The number of ketones is 1. The first kappa shape index (κ1) is 30.9. The quantitative estimate of drug-likeness (QED) is 0.304. The molecule has 0 aliphatic carbocycles. The molecule has 188 valence electrons. The van der Waals surface area contributed by atoms with Gasteiger partial charge in [-0.15, -0.1) is 0 Å². The van der Waals surface area contributed by atoms with Gasteiger partial charge < -0.3 is 19.9 Å². The molecule has 2 unspecified atom stereocenters. The number of amides is 1. The highest BCUT2D eigenvalue weighted by molar-refractivity contribution is 7.99. The van der Waals surface area contributed by atoms with Gasteiger partial charge in [0.25, 0.3) is 0 Å². The number of carbonyl (C=O) groups is 3. The topological polar surface area (TPSA) is 102 Å². The number of ether oxygens (including phenoxy) is 2. The molecule has 2 atom stereocenters. The summed E-state index contributed by atoms with van der Waals surface area (Å²) in [6.45, 7) is 16.1. The van der Waals surface area contributed by atoms with Gasteiger partial charge in [0.1, 0.15) is 5.78 Å². The minimum Gasteiger partial charge on any atom is -0.481 e. The van der Waals surface area contributed by atoms with Gasteiger partial charge in [0.15, 0.2) is 0 Å². The molecule has 0 fully saturated rings. The van der Waals surface area contributed by atoms with Gasteiger partial charge in [0.2, 0.25) is 5.91 Å². The summed E-state index contributed by atoms with van der Waals surface area (Å²) in [5, 5.41) is 12.2. The van der Waals surface area contributed by atoms with Crippen LogP contribution >= 0.6 is 11.8 Å². The zero-order chi connectivity index (χ0) is 24.9. The van der Waals surface area contributed by atoms with Crippen LogP contribution in [0.4, 0.5) is 0 Å². The molecule has 0 aliphatic heterocycles. The largest absolute Gasteiger partial charge is 0.481 e. The molecule has 0 saturated heterocycles. The van der Waals surface area contributed by atoms with E-state index < -0.39 is 29.1 Å². The van der Waals surface area contributed by atoms with Gasteiger partial charge in [-0.3, -0.25) is 14.4 Å². The molecule has 1 amide bonds. The van der Waals surface area contributed by atoms with E-state index in [2.05, 4.69) is 5.32 Å². The zero-order valence-electron chi connectivity index (χ0n) is 21.3. The van der Waals surface area contributed by atoms with E-state index in [1.54, 1.807) is 18.7 Å². The molecule has 0 rings (SSSR count). The predicted molar refractivity (Wildman–Crippen MR) is 130 cm³/mol. The molecule has 0 bridgehead atoms. The van der Waals surface area contributed by atoms with Crippen molar-refractivity contribution in [3.05, 3.63) is 0 Å². The summed E-state index contributed by atoms with van der Waals surface area (Å²) in [6.07, 6.45) is 1.88. The Balaban J connectivity index is 4.43. The fourth-order valence-electron chi connectivity index (χ4n) is 2.86. The molecule has 0 aromatic carbocycles. The molecule has 0 aliphatic rings. The van der Waals surface area contributed by atoms with E-state index in [1.165, 1.54) is 0 Å². The van der Waals surface area contributed by atoms with E-state index in [0.29, 0.717) is 38.2 Å². The van der Waals surface area contributed by atoms with Crippen LogP contribution in [0, 0.1) is 11.8 Å². The van der Waals surface area contributed by atoms with Crippen LogP contribution in [-0.2, 0) is 23.9 Å². The summed E-state index contributed by atoms with van der Waals surface area (Å²) in [4.78, 5) is 35.5. The number of aliphatic carboxylic acids is 1. The fraction of sp³-hybridized carbons (Fsp3) is 0.875. The van der Waals surface area contributed by atoms with Crippen LogP contribution in [0.1, 0.15) is 81.1 Å². The van der Waals surface area contributed by atoms with E-state index in [9.17, 15) is 19.5 Å². The maximum Gasteiger partial charge on any atom is 0.308 e. The van der Waals surface area contributed by atoms with Crippen molar-refractivity contribution < 1.29 is 29.0 Å². The first-order valence-electron chi connectivity index (χ1n) is 11.6. The summed E-state index contributed by atoms with van der Waals surface area (Å²) in [7, 11) is 0. The van der Waals surface area contributed by atoms with Gasteiger partial charge in [-0.05, 0) is 53.2 Å². The van der Waals surface area contributed by atoms with E-state index in [0.717, 1.165) is 5.75 Å². The van der Waals surface area contributed by atoms with Crippen molar-refractivity contribution in [3.8, 4) is 0 Å². The number of nitrogens with one attached hydrogen (secondary N) is 1. The Morgan fingerprint density at radius 3 is 2.03 bits per heavy atom. The van der Waals surface area contributed by atoms with Gasteiger partial charge in [-0.1, -0.05) is 20.8 Å². The second-order valence-electron chi connectivity index (χ2n) is 9.80. The van der Waals surface area contributed by atoms with Crippen LogP contribution in [-0.4, -0.2) is 64.7 Å². The summed E-state index contributed by atoms with van der Waals surface area (Å²) in [5.74, 6) is -0.0358. The molecule has 0 spiro atoms. The Labute approximate surface area is 198 Å². The molecule has 0 aromatic rings. The monoisotopic (exact) mass is 475 g/mol. The van der Waals surface area contributed by atoms with Gasteiger partial charge in [0, 0.05) is 24.5 Å². The van der Waals surface area contributed by atoms with Crippen LogP contribution in [0.3, 0.4) is 0 Å². The molecule has 7 nitrogen and oxygen atoms in total. The first-order valence-corrected chi connectivity index (χ1v) is 12.8. The molecular formula is C24H45NO6S. The van der Waals surface area contributed by atoms with Crippen molar-refractivity contribution in [2.24, 2.45) is 11.8 Å². The van der Waals surface area contributed by atoms with E-state index in [4.69, 9.17) is 9.47 Å². The molecule has 0 aromatic heterocycles. The Morgan fingerprint density at radius 1 is 0.938 bits per heavy atom. The normalized spacial score (nSPS) is 14.3. The van der Waals surface area contributed by atoms with Gasteiger partial charge >= 0.3 is 5.97 Å². The van der Waals surface area contributed by atoms with E-state index >= 15 is 0 Å². The summed E-state index contributed by atoms with van der Waals surface area (Å²) in [5.41, 5.74) is -0.894. The van der Waals surface area contributed by atoms with Crippen molar-refractivity contribution in [2.75, 3.05) is 24.7 Å². The lowest BCUT2D eigenvalue weighted by Crippen LogP contribution is -2.44. The number of hydrogen-bond donors (Lipinski definition) is 2. The highest BCUT2D eigenvalue weighted by Gasteiger charge is 2.27. The Bertz CT molecular complexity index is 591. The van der Waals surface area contributed by atoms with Crippen LogP contribution in [0.5, 0.6) is 0 Å². The van der Waals surface area contributed by atoms with Gasteiger partial charge in [-0.2, -0.15) is 11.8 Å². The third kappa shape index (κ3) is 14.1. The fourth-order valence-corrected chi connectivity index (χ4v) is 3.72. The second kappa shape index (κ2) is 14.9. The molecular weight excluding hydrogens is 430 g/mol. The summed E-state index contributed by atoms with van der Waals surface area (Å²) in [6, 6.07) is -0.394. The lowest BCUT2D eigenvalue weighted by Gasteiger charge is -2.30. The van der Waals surface area contributed by atoms with Crippen LogP contribution in [0.15, 0.2) is 0 Å². The minimum absolute atomic E-state index is 0.0241. The first-order chi connectivity index (χ1) is 14.7. The molecule has 32 heavy (non-hydrogen) atoms. The number of thioether (sulfide) groups is 1. The minimum atomic E-state index is -0.908. The standard InChI is InChI=1S/C24H45NO6S/c1-9-32-16-19(18(4)22(28)29)25-21(27)10-12-23(5,6)31-15-13-24(7,8)30-14-11-20(26)17(2)3/h17-19H,9-16H2,1-8H3,(H,25,27)(H,28,29). The van der Waals surface area contributed by atoms with Gasteiger partial charge in [0.05, 0.1) is 36.4 Å². The Kier molecular flexibility index (Phi) is 14.4. The molecule has 0 saturated carbocycles. The van der Waals surface area contributed by atoms with E-state index in [1.807, 2.05) is 48.5 Å². The lowest BCUT2D eigenvalue weighted by atomic mass is 10.00. The SMILES string of the molecule is CCSCC(NC(=O)CCC(C)(C)OCCC(C)(C)OCCC(=O)C(C)C)C(C)C(=O)O. The molecule has 8 heteroatoms. The highest BCUT2D eigenvalue weighted by atomic mass is 32.2. The lowest BCUT2D eigenvalue weighted by molar-refractivity contribution is -0.142. The van der Waals surface area contributed by atoms with Gasteiger partial charge in [-0.25, -0.2) is 0 Å². The number of hydrogen-bond acceptors (Lipinski definition) is 6. The Morgan fingerprint density at radius 2 is 1.50 bits per heavy atom. The van der Waals surface area contributed by atoms with E-state index in [-0.39, 0.29) is 24.0 Å². The number of rotatable bonds is 18. The molecule has 2 N–H and O–H groups in total. The number of carbonyl (C=O) groups excluding carboxylic acids is 2. The van der Waals surface area contributed by atoms with Crippen molar-refractivity contribution in [2.45, 2.75) is 98.3 Å². The third-order valence-electron chi connectivity index (χ3n) is 5.48. The maximum atomic E-state index is 12.4. The van der Waals surface area contributed by atoms with Crippen LogP contribution < -0.4 is 5.32 Å². The number of Topliss-reactive ketones (excluding diaryl/α,β-unsaturated/α-hetero) is 1. The second-order valence-corrected chi connectivity index (χ2v) is 11.1. The molecule has 0 radical (unpaired) electrons. The number of carboxylic acid groups (broad SMARTS) is 1. The summed E-state index contributed by atoms with van der Waals surface area (Å²) >= 11 is 1.62. The van der Waals surface area contributed by atoms with Crippen LogP contribution in [0.25, 0.3) is 0 Å². The van der Waals surface area contributed by atoms with Crippen molar-refractivity contribution >= 4 is 29.4 Å². The highest BCUT2D eigenvalue weighted by Crippen LogP contribution is 2.21. The maximum absolute atomic E-state index is 12.4.